The largest absolute Gasteiger partial charge is 0.484 e. The minimum atomic E-state index is -0.210. The minimum absolute atomic E-state index is 0.0463. The van der Waals surface area contributed by atoms with Gasteiger partial charge in [-0.25, -0.2) is 4.98 Å². The maximum Gasteiger partial charge on any atom is 0.262 e. The van der Waals surface area contributed by atoms with Crippen molar-refractivity contribution in [1.29, 1.82) is 0 Å². The monoisotopic (exact) mass is 428 g/mol. The van der Waals surface area contributed by atoms with Gasteiger partial charge in [-0.3, -0.25) is 4.79 Å². The zero-order valence-corrected chi connectivity index (χ0v) is 18.7. The molecule has 0 bridgehead atoms. The molecule has 4 aromatic rings. The Balaban J connectivity index is 1.34. The van der Waals surface area contributed by atoms with Crippen molar-refractivity contribution in [2.75, 3.05) is 11.9 Å². The maximum atomic E-state index is 12.3. The van der Waals surface area contributed by atoms with E-state index < -0.39 is 0 Å². The Bertz CT molecular complexity index is 1190. The number of carbonyl (C=O) groups is 1. The van der Waals surface area contributed by atoms with Gasteiger partial charge in [0.25, 0.3) is 5.91 Å². The summed E-state index contributed by atoms with van der Waals surface area (Å²) in [5, 5.41) is 2.86. The van der Waals surface area contributed by atoms with Crippen molar-refractivity contribution in [3.05, 3.63) is 77.9 Å². The fourth-order valence-electron chi connectivity index (χ4n) is 3.49. The highest BCUT2D eigenvalue weighted by Gasteiger charge is 2.10. The predicted octanol–water partition coefficient (Wildman–Crippen LogP) is 6.59. The highest BCUT2D eigenvalue weighted by atomic mass is 16.5. The molecular weight excluding hydrogens is 400 g/mol. The van der Waals surface area contributed by atoms with Crippen LogP contribution in [0.5, 0.6) is 5.75 Å². The molecule has 5 nitrogen and oxygen atoms in total. The van der Waals surface area contributed by atoms with Gasteiger partial charge in [0.15, 0.2) is 12.2 Å². The average Bonchev–Trinajstić information content (AvgIpc) is 3.26. The van der Waals surface area contributed by atoms with E-state index in [0.29, 0.717) is 23.2 Å². The summed E-state index contributed by atoms with van der Waals surface area (Å²) >= 11 is 0. The van der Waals surface area contributed by atoms with Gasteiger partial charge >= 0.3 is 0 Å². The molecule has 0 aliphatic rings. The van der Waals surface area contributed by atoms with Crippen LogP contribution in [0.25, 0.3) is 22.6 Å². The van der Waals surface area contributed by atoms with E-state index in [0.717, 1.165) is 29.5 Å². The minimum Gasteiger partial charge on any atom is -0.484 e. The fourth-order valence-corrected chi connectivity index (χ4v) is 3.49. The molecule has 5 heteroatoms. The van der Waals surface area contributed by atoms with Crippen molar-refractivity contribution in [3.8, 4) is 17.2 Å². The van der Waals surface area contributed by atoms with Gasteiger partial charge in [-0.05, 0) is 78.4 Å². The Morgan fingerprint density at radius 1 is 1.03 bits per heavy atom. The molecule has 0 spiro atoms. The molecule has 0 aliphatic carbocycles. The van der Waals surface area contributed by atoms with Crippen LogP contribution in [0, 0.1) is 0 Å². The quantitative estimate of drug-likeness (QED) is 0.344. The van der Waals surface area contributed by atoms with Crippen molar-refractivity contribution in [2.24, 2.45) is 0 Å². The zero-order valence-electron chi connectivity index (χ0n) is 18.7. The van der Waals surface area contributed by atoms with E-state index in [1.54, 1.807) is 0 Å². The lowest BCUT2D eigenvalue weighted by Crippen LogP contribution is -2.20. The lowest BCUT2D eigenvalue weighted by atomic mass is 9.99. The number of hydrogen-bond acceptors (Lipinski definition) is 4. The van der Waals surface area contributed by atoms with Gasteiger partial charge in [0.1, 0.15) is 11.3 Å². The smallest absolute Gasteiger partial charge is 0.262 e. The number of anilines is 1. The SMILES string of the molecule is CCc1ccc2oc(-c3ccc(NC(=O)COc4ccc(C(C)CC)cc4)cc3)nc2c1. The van der Waals surface area contributed by atoms with E-state index in [-0.39, 0.29) is 12.5 Å². The molecule has 1 atom stereocenters. The Morgan fingerprint density at radius 3 is 2.47 bits per heavy atom. The first-order valence-electron chi connectivity index (χ1n) is 11.1. The molecule has 32 heavy (non-hydrogen) atoms. The van der Waals surface area contributed by atoms with Gasteiger partial charge in [0.05, 0.1) is 0 Å². The molecule has 3 aromatic carbocycles. The summed E-state index contributed by atoms with van der Waals surface area (Å²) in [6.07, 6.45) is 2.05. The van der Waals surface area contributed by atoms with Gasteiger partial charge in [-0.1, -0.05) is 39.0 Å². The summed E-state index contributed by atoms with van der Waals surface area (Å²) in [4.78, 5) is 16.9. The summed E-state index contributed by atoms with van der Waals surface area (Å²) in [6, 6.07) is 21.4. The van der Waals surface area contributed by atoms with Crippen LogP contribution in [-0.2, 0) is 11.2 Å². The summed E-state index contributed by atoms with van der Waals surface area (Å²) in [6.45, 7) is 6.43. The average molecular weight is 429 g/mol. The topological polar surface area (TPSA) is 64.4 Å². The van der Waals surface area contributed by atoms with Gasteiger partial charge < -0.3 is 14.5 Å². The molecule has 164 valence electrons. The number of nitrogens with one attached hydrogen (secondary N) is 1. The van der Waals surface area contributed by atoms with Crippen LogP contribution in [0.2, 0.25) is 0 Å². The normalized spacial score (nSPS) is 12.0. The Labute approximate surface area is 188 Å². The van der Waals surface area contributed by atoms with Crippen LogP contribution in [-0.4, -0.2) is 17.5 Å². The van der Waals surface area contributed by atoms with Crippen LogP contribution < -0.4 is 10.1 Å². The second-order valence-electron chi connectivity index (χ2n) is 7.97. The number of fused-ring (bicyclic) bond motifs is 1. The van der Waals surface area contributed by atoms with Crippen LogP contribution in [0.3, 0.4) is 0 Å². The number of carbonyl (C=O) groups excluding carboxylic acids is 1. The summed E-state index contributed by atoms with van der Waals surface area (Å²) in [7, 11) is 0. The third-order valence-corrected chi connectivity index (χ3v) is 5.71. The van der Waals surface area contributed by atoms with E-state index in [1.165, 1.54) is 11.1 Å². The first-order chi connectivity index (χ1) is 15.6. The summed E-state index contributed by atoms with van der Waals surface area (Å²) in [5.74, 6) is 1.55. The van der Waals surface area contributed by atoms with Crippen LogP contribution in [0.1, 0.15) is 44.2 Å². The number of ether oxygens (including phenoxy) is 1. The van der Waals surface area contributed by atoms with Crippen molar-refractivity contribution in [2.45, 2.75) is 39.5 Å². The second kappa shape index (κ2) is 9.69. The van der Waals surface area contributed by atoms with Crippen molar-refractivity contribution < 1.29 is 13.9 Å². The standard InChI is InChI=1S/C27H28N2O3/c1-4-18(3)20-9-13-23(14-10-20)31-17-26(30)28-22-11-7-21(8-12-22)27-29-24-16-19(5-2)6-15-25(24)32-27/h6-16,18H,4-5,17H2,1-3H3,(H,28,30). The number of rotatable bonds is 8. The first kappa shape index (κ1) is 21.6. The molecule has 1 unspecified atom stereocenters. The van der Waals surface area contributed by atoms with Crippen LogP contribution in [0.15, 0.2) is 71.1 Å². The molecule has 1 N–H and O–H groups in total. The van der Waals surface area contributed by atoms with E-state index in [2.05, 4.69) is 55.3 Å². The number of aryl methyl sites for hydroxylation is 1. The lowest BCUT2D eigenvalue weighted by molar-refractivity contribution is -0.118. The maximum absolute atomic E-state index is 12.3. The molecular formula is C27H28N2O3. The lowest BCUT2D eigenvalue weighted by Gasteiger charge is -2.11. The molecule has 0 aliphatic heterocycles. The number of nitrogens with zero attached hydrogens (tertiary/aromatic N) is 1. The van der Waals surface area contributed by atoms with Gasteiger partial charge in [-0.15, -0.1) is 0 Å². The Kier molecular flexibility index (Phi) is 6.55. The highest BCUT2D eigenvalue weighted by Crippen LogP contribution is 2.26. The Morgan fingerprint density at radius 2 is 1.78 bits per heavy atom. The summed E-state index contributed by atoms with van der Waals surface area (Å²) in [5.41, 5.74) is 5.67. The molecule has 0 radical (unpaired) electrons. The number of oxazole rings is 1. The third-order valence-electron chi connectivity index (χ3n) is 5.71. The fraction of sp³-hybridized carbons (Fsp3) is 0.259. The highest BCUT2D eigenvalue weighted by molar-refractivity contribution is 5.92. The predicted molar refractivity (Wildman–Crippen MR) is 128 cm³/mol. The van der Waals surface area contributed by atoms with Gasteiger partial charge in [0.2, 0.25) is 5.89 Å². The van der Waals surface area contributed by atoms with Crippen molar-refractivity contribution >= 4 is 22.7 Å². The second-order valence-corrected chi connectivity index (χ2v) is 7.97. The molecule has 0 saturated heterocycles. The van der Waals surface area contributed by atoms with Crippen molar-refractivity contribution in [1.82, 2.24) is 4.98 Å². The van der Waals surface area contributed by atoms with E-state index in [1.807, 2.05) is 42.5 Å². The molecule has 0 saturated carbocycles. The molecule has 1 aromatic heterocycles. The van der Waals surface area contributed by atoms with Crippen LogP contribution >= 0.6 is 0 Å². The van der Waals surface area contributed by atoms with E-state index >= 15 is 0 Å². The molecule has 0 fully saturated rings. The van der Waals surface area contributed by atoms with Crippen molar-refractivity contribution in [3.63, 3.8) is 0 Å². The molecule has 1 heterocycles. The van der Waals surface area contributed by atoms with Crippen LogP contribution in [0.4, 0.5) is 5.69 Å². The Hall–Kier alpha value is -3.60. The number of aromatic nitrogens is 1. The van der Waals surface area contributed by atoms with Gasteiger partial charge in [-0.2, -0.15) is 0 Å². The number of hydrogen-bond donors (Lipinski definition) is 1. The van der Waals surface area contributed by atoms with E-state index in [9.17, 15) is 4.79 Å². The molecule has 4 rings (SSSR count). The summed E-state index contributed by atoms with van der Waals surface area (Å²) < 4.78 is 11.5. The number of amides is 1. The third kappa shape index (κ3) is 4.99. The van der Waals surface area contributed by atoms with Gasteiger partial charge in [0, 0.05) is 11.3 Å². The van der Waals surface area contributed by atoms with E-state index in [4.69, 9.17) is 9.15 Å². The zero-order chi connectivity index (χ0) is 22.5. The molecule has 1 amide bonds. The number of benzene rings is 3. The first-order valence-corrected chi connectivity index (χ1v) is 11.1.